The van der Waals surface area contributed by atoms with Gasteiger partial charge in [0.25, 0.3) is 0 Å². The van der Waals surface area contributed by atoms with Gasteiger partial charge in [-0.2, -0.15) is 0 Å². The molecule has 0 unspecified atom stereocenters. The van der Waals surface area contributed by atoms with E-state index in [4.69, 9.17) is 11.6 Å². The standard InChI is InChI=1S/C18H30ClN5.HI/c1-3-20-18(22-15-16-6-4-7-17(19)14-16)21-8-11-24-10-5-9-23(2)12-13-24;/h4,6-7,14H,3,5,8-13,15H2,1-2H3,(H2,20,21,22);1H. The molecule has 0 aromatic heterocycles. The van der Waals surface area contributed by atoms with Crippen molar-refractivity contribution in [1.29, 1.82) is 0 Å². The Morgan fingerprint density at radius 3 is 2.80 bits per heavy atom. The Balaban J connectivity index is 0.00000312. The molecule has 5 nitrogen and oxygen atoms in total. The molecule has 142 valence electrons. The first-order valence-corrected chi connectivity index (χ1v) is 9.22. The summed E-state index contributed by atoms with van der Waals surface area (Å²) in [4.78, 5) is 9.58. The third-order valence-corrected chi connectivity index (χ3v) is 4.42. The molecule has 0 amide bonds. The molecule has 1 saturated heterocycles. The molecule has 25 heavy (non-hydrogen) atoms. The van der Waals surface area contributed by atoms with Crippen LogP contribution < -0.4 is 10.6 Å². The van der Waals surface area contributed by atoms with E-state index < -0.39 is 0 Å². The third kappa shape index (κ3) is 9.08. The summed E-state index contributed by atoms with van der Waals surface area (Å²) in [5, 5.41) is 7.50. The molecule has 1 aromatic carbocycles. The molecule has 1 heterocycles. The minimum atomic E-state index is 0. The largest absolute Gasteiger partial charge is 0.357 e. The lowest BCUT2D eigenvalue weighted by Crippen LogP contribution is -2.42. The highest BCUT2D eigenvalue weighted by atomic mass is 127. The van der Waals surface area contributed by atoms with Crippen molar-refractivity contribution in [1.82, 2.24) is 20.4 Å². The van der Waals surface area contributed by atoms with Gasteiger partial charge in [0, 0.05) is 37.7 Å². The van der Waals surface area contributed by atoms with Gasteiger partial charge < -0.3 is 20.4 Å². The van der Waals surface area contributed by atoms with Crippen LogP contribution >= 0.6 is 35.6 Å². The summed E-state index contributed by atoms with van der Waals surface area (Å²) in [6.45, 7) is 10.2. The maximum Gasteiger partial charge on any atom is 0.191 e. The summed E-state index contributed by atoms with van der Waals surface area (Å²) in [6, 6.07) is 7.86. The van der Waals surface area contributed by atoms with Gasteiger partial charge in [-0.1, -0.05) is 23.7 Å². The number of benzene rings is 1. The van der Waals surface area contributed by atoms with Crippen molar-refractivity contribution in [3.8, 4) is 0 Å². The van der Waals surface area contributed by atoms with Crippen LogP contribution in [0.3, 0.4) is 0 Å². The Bertz CT molecular complexity index is 526. The van der Waals surface area contributed by atoms with Crippen LogP contribution in [0.2, 0.25) is 5.02 Å². The van der Waals surface area contributed by atoms with Crippen molar-refractivity contribution in [3.05, 3.63) is 34.9 Å². The zero-order valence-corrected chi connectivity index (χ0v) is 18.4. The van der Waals surface area contributed by atoms with Crippen molar-refractivity contribution in [2.45, 2.75) is 19.9 Å². The lowest BCUT2D eigenvalue weighted by Gasteiger charge is -2.21. The molecule has 1 fully saturated rings. The maximum atomic E-state index is 6.03. The van der Waals surface area contributed by atoms with Crippen LogP contribution in [0.4, 0.5) is 0 Å². The monoisotopic (exact) mass is 479 g/mol. The van der Waals surface area contributed by atoms with Gasteiger partial charge in [0.15, 0.2) is 5.96 Å². The zero-order valence-electron chi connectivity index (χ0n) is 15.3. The summed E-state index contributed by atoms with van der Waals surface area (Å²) in [5.74, 6) is 0.865. The number of rotatable bonds is 6. The molecule has 0 radical (unpaired) electrons. The summed E-state index contributed by atoms with van der Waals surface area (Å²) in [7, 11) is 2.20. The number of hydrogen-bond donors (Lipinski definition) is 2. The number of likely N-dealkylation sites (N-methyl/N-ethyl adjacent to an activating group) is 1. The van der Waals surface area contributed by atoms with Crippen molar-refractivity contribution >= 4 is 41.5 Å². The molecular weight excluding hydrogens is 449 g/mol. The molecule has 1 aliphatic rings. The zero-order chi connectivity index (χ0) is 17.2. The number of nitrogens with one attached hydrogen (secondary N) is 2. The Morgan fingerprint density at radius 1 is 1.20 bits per heavy atom. The lowest BCUT2D eigenvalue weighted by molar-refractivity contribution is 0.280. The van der Waals surface area contributed by atoms with Gasteiger partial charge in [-0.3, -0.25) is 0 Å². The van der Waals surface area contributed by atoms with Crippen LogP contribution in [0.25, 0.3) is 0 Å². The molecule has 1 aromatic rings. The highest BCUT2D eigenvalue weighted by molar-refractivity contribution is 14.0. The van der Waals surface area contributed by atoms with Crippen LogP contribution in [0.1, 0.15) is 18.9 Å². The fourth-order valence-electron chi connectivity index (χ4n) is 2.80. The predicted octanol–water partition coefficient (Wildman–Crippen LogP) is 2.65. The first-order valence-electron chi connectivity index (χ1n) is 8.85. The van der Waals surface area contributed by atoms with Gasteiger partial charge in [-0.25, -0.2) is 4.99 Å². The number of nitrogens with zero attached hydrogens (tertiary/aromatic N) is 3. The van der Waals surface area contributed by atoms with E-state index in [2.05, 4.69) is 39.4 Å². The molecule has 7 heteroatoms. The summed E-state index contributed by atoms with van der Waals surface area (Å²) < 4.78 is 0. The number of guanidine groups is 1. The molecule has 0 saturated carbocycles. The van der Waals surface area contributed by atoms with E-state index >= 15 is 0 Å². The topological polar surface area (TPSA) is 42.9 Å². The fourth-order valence-corrected chi connectivity index (χ4v) is 3.02. The fraction of sp³-hybridized carbons (Fsp3) is 0.611. The number of halogens is 2. The van der Waals surface area contributed by atoms with Gasteiger partial charge in [0.05, 0.1) is 6.54 Å². The van der Waals surface area contributed by atoms with Crippen LogP contribution in [-0.4, -0.2) is 68.6 Å². The van der Waals surface area contributed by atoms with Crippen molar-refractivity contribution in [2.24, 2.45) is 4.99 Å². The third-order valence-electron chi connectivity index (χ3n) is 4.19. The Hall–Kier alpha value is -0.570. The van der Waals surface area contributed by atoms with Gasteiger partial charge in [0.2, 0.25) is 0 Å². The molecule has 1 aliphatic heterocycles. The average Bonchev–Trinajstić information content (AvgIpc) is 2.77. The first kappa shape index (κ1) is 22.5. The maximum absolute atomic E-state index is 6.03. The SMILES string of the molecule is CCNC(=NCc1cccc(Cl)c1)NCCN1CCCN(C)CC1.I. The first-order chi connectivity index (χ1) is 11.7. The van der Waals surface area contributed by atoms with E-state index in [0.29, 0.717) is 6.54 Å². The Kier molecular flexibility index (Phi) is 11.4. The lowest BCUT2D eigenvalue weighted by atomic mass is 10.2. The van der Waals surface area contributed by atoms with Crippen LogP contribution in [-0.2, 0) is 6.54 Å². The molecule has 2 rings (SSSR count). The summed E-state index contributed by atoms with van der Waals surface area (Å²) in [5.41, 5.74) is 1.12. The Labute approximate surface area is 174 Å². The number of aliphatic imine (C=N–C) groups is 1. The highest BCUT2D eigenvalue weighted by Crippen LogP contribution is 2.11. The second-order valence-electron chi connectivity index (χ2n) is 6.25. The van der Waals surface area contributed by atoms with Crippen molar-refractivity contribution in [3.63, 3.8) is 0 Å². The van der Waals surface area contributed by atoms with Crippen molar-refractivity contribution < 1.29 is 0 Å². The molecule has 0 aliphatic carbocycles. The number of hydrogen-bond acceptors (Lipinski definition) is 3. The van der Waals surface area contributed by atoms with Gasteiger partial charge in [0.1, 0.15) is 0 Å². The van der Waals surface area contributed by atoms with E-state index in [1.54, 1.807) is 0 Å². The molecule has 0 bridgehead atoms. The minimum absolute atomic E-state index is 0. The van der Waals surface area contributed by atoms with Crippen molar-refractivity contribution in [2.75, 3.05) is 52.9 Å². The molecule has 2 N–H and O–H groups in total. The molecule has 0 atom stereocenters. The van der Waals surface area contributed by atoms with E-state index in [-0.39, 0.29) is 24.0 Å². The highest BCUT2D eigenvalue weighted by Gasteiger charge is 2.11. The smallest absolute Gasteiger partial charge is 0.191 e. The minimum Gasteiger partial charge on any atom is -0.357 e. The summed E-state index contributed by atoms with van der Waals surface area (Å²) in [6.07, 6.45) is 1.25. The van der Waals surface area contributed by atoms with E-state index in [9.17, 15) is 0 Å². The molecule has 0 spiro atoms. The van der Waals surface area contributed by atoms with E-state index in [1.165, 1.54) is 19.5 Å². The second-order valence-corrected chi connectivity index (χ2v) is 6.69. The summed E-state index contributed by atoms with van der Waals surface area (Å²) >= 11 is 6.03. The second kappa shape index (κ2) is 12.7. The van der Waals surface area contributed by atoms with Crippen LogP contribution in [0, 0.1) is 0 Å². The molecular formula is C18H31ClIN5. The van der Waals surface area contributed by atoms with E-state index in [1.807, 2.05) is 24.3 Å². The van der Waals surface area contributed by atoms with Gasteiger partial charge in [-0.05, 0) is 51.2 Å². The Morgan fingerprint density at radius 2 is 2.04 bits per heavy atom. The van der Waals surface area contributed by atoms with Gasteiger partial charge in [-0.15, -0.1) is 24.0 Å². The predicted molar refractivity (Wildman–Crippen MR) is 118 cm³/mol. The van der Waals surface area contributed by atoms with Gasteiger partial charge >= 0.3 is 0 Å². The van der Waals surface area contributed by atoms with Crippen LogP contribution in [0.5, 0.6) is 0 Å². The quantitative estimate of drug-likeness (QED) is 0.374. The van der Waals surface area contributed by atoms with Crippen LogP contribution in [0.15, 0.2) is 29.3 Å². The average molecular weight is 480 g/mol. The van der Waals surface area contributed by atoms with E-state index in [0.717, 1.165) is 49.3 Å². The normalized spacial score (nSPS) is 16.8.